The van der Waals surface area contributed by atoms with E-state index in [1.165, 1.54) is 0 Å². The van der Waals surface area contributed by atoms with Gasteiger partial charge >= 0.3 is 0 Å². The van der Waals surface area contributed by atoms with Gasteiger partial charge in [0.05, 0.1) is 0 Å². The number of halogens is 1. The lowest BCUT2D eigenvalue weighted by Gasteiger charge is -2.06. The quantitative estimate of drug-likeness (QED) is 0.758. The number of nitrogens with two attached hydrogens (primary N) is 1. The van der Waals surface area contributed by atoms with Crippen LogP contribution in [0.2, 0.25) is 5.15 Å². The van der Waals surface area contributed by atoms with E-state index in [9.17, 15) is 0 Å². The maximum atomic E-state index is 5.96. The van der Waals surface area contributed by atoms with Crippen molar-refractivity contribution in [2.45, 2.75) is 32.7 Å². The fourth-order valence-electron chi connectivity index (χ4n) is 1.12. The summed E-state index contributed by atoms with van der Waals surface area (Å²) in [6.07, 6.45) is 1.86. The van der Waals surface area contributed by atoms with Crippen LogP contribution in [0, 0.1) is 6.92 Å². The topological polar surface area (TPSA) is 38.9 Å². The average molecular weight is 199 g/mol. The van der Waals surface area contributed by atoms with E-state index in [1.54, 1.807) is 0 Å². The van der Waals surface area contributed by atoms with Crippen LogP contribution < -0.4 is 5.73 Å². The summed E-state index contributed by atoms with van der Waals surface area (Å²) in [5.74, 6) is 0. The molecule has 0 saturated carbocycles. The number of pyridine rings is 1. The van der Waals surface area contributed by atoms with E-state index >= 15 is 0 Å². The number of hydrogen-bond donors (Lipinski definition) is 1. The van der Waals surface area contributed by atoms with Gasteiger partial charge in [-0.1, -0.05) is 17.7 Å². The van der Waals surface area contributed by atoms with Crippen LogP contribution in [0.4, 0.5) is 0 Å². The fourth-order valence-corrected chi connectivity index (χ4v) is 1.41. The zero-order valence-electron chi connectivity index (χ0n) is 8.05. The monoisotopic (exact) mass is 198 g/mol. The van der Waals surface area contributed by atoms with Gasteiger partial charge in [0, 0.05) is 11.7 Å². The highest BCUT2D eigenvalue weighted by molar-refractivity contribution is 6.30. The third kappa shape index (κ3) is 3.33. The lowest BCUT2D eigenvalue weighted by Crippen LogP contribution is -2.15. The molecule has 0 amide bonds. The third-order valence-electron chi connectivity index (χ3n) is 1.93. The summed E-state index contributed by atoms with van der Waals surface area (Å²) in [6.45, 7) is 3.93. The molecule has 0 saturated heterocycles. The van der Waals surface area contributed by atoms with Crippen molar-refractivity contribution in [3.63, 3.8) is 0 Å². The zero-order valence-corrected chi connectivity index (χ0v) is 8.80. The first-order chi connectivity index (χ1) is 6.09. The first kappa shape index (κ1) is 10.5. The van der Waals surface area contributed by atoms with Crippen molar-refractivity contribution in [3.05, 3.63) is 28.5 Å². The van der Waals surface area contributed by atoms with Crippen molar-refractivity contribution in [2.24, 2.45) is 5.73 Å². The maximum absolute atomic E-state index is 5.96. The minimum Gasteiger partial charge on any atom is -0.328 e. The van der Waals surface area contributed by atoms with E-state index in [-0.39, 0.29) is 6.04 Å². The van der Waals surface area contributed by atoms with Crippen LogP contribution in [-0.4, -0.2) is 11.0 Å². The van der Waals surface area contributed by atoms with E-state index in [0.717, 1.165) is 24.1 Å². The van der Waals surface area contributed by atoms with Gasteiger partial charge in [-0.2, -0.15) is 0 Å². The number of nitrogens with zero attached hydrogens (tertiary/aromatic N) is 1. The highest BCUT2D eigenvalue weighted by atomic mass is 35.5. The molecule has 1 rings (SSSR count). The minimum absolute atomic E-state index is 0.220. The van der Waals surface area contributed by atoms with Crippen molar-refractivity contribution in [3.8, 4) is 0 Å². The number of hydrogen-bond acceptors (Lipinski definition) is 2. The molecule has 0 spiro atoms. The molecular weight excluding hydrogens is 184 g/mol. The predicted octanol–water partition coefficient (Wildman–Crippen LogP) is 2.32. The molecule has 13 heavy (non-hydrogen) atoms. The second-order valence-corrected chi connectivity index (χ2v) is 3.78. The molecule has 0 aliphatic rings. The maximum Gasteiger partial charge on any atom is 0.132 e. The molecular formula is C10H15ClN2. The molecule has 2 nitrogen and oxygen atoms in total. The first-order valence-electron chi connectivity index (χ1n) is 4.47. The molecule has 1 heterocycles. The fraction of sp³-hybridized carbons (Fsp3) is 0.500. The van der Waals surface area contributed by atoms with Crippen molar-refractivity contribution in [1.82, 2.24) is 4.98 Å². The van der Waals surface area contributed by atoms with Gasteiger partial charge < -0.3 is 5.73 Å². The summed E-state index contributed by atoms with van der Waals surface area (Å²) in [4.78, 5) is 4.18. The van der Waals surface area contributed by atoms with Gasteiger partial charge in [-0.15, -0.1) is 0 Å². The Morgan fingerprint density at radius 1 is 1.54 bits per heavy atom. The van der Waals surface area contributed by atoms with Gasteiger partial charge in [0.1, 0.15) is 5.15 Å². The average Bonchev–Trinajstić information content (AvgIpc) is 2.02. The Bertz CT molecular complexity index is 284. The van der Waals surface area contributed by atoms with Gasteiger partial charge in [-0.05, 0) is 38.3 Å². The lowest BCUT2D eigenvalue weighted by atomic mass is 10.1. The molecule has 0 radical (unpaired) electrons. The van der Waals surface area contributed by atoms with Gasteiger partial charge in [-0.25, -0.2) is 4.98 Å². The number of aromatic nitrogens is 1. The Labute approximate surface area is 84.1 Å². The largest absolute Gasteiger partial charge is 0.328 e. The summed E-state index contributed by atoms with van der Waals surface area (Å²) < 4.78 is 0. The summed E-state index contributed by atoms with van der Waals surface area (Å²) in [6, 6.07) is 4.22. The van der Waals surface area contributed by atoms with Crippen molar-refractivity contribution in [2.75, 3.05) is 0 Å². The van der Waals surface area contributed by atoms with E-state index in [0.29, 0.717) is 5.15 Å². The van der Waals surface area contributed by atoms with Gasteiger partial charge in [0.15, 0.2) is 0 Å². The zero-order chi connectivity index (χ0) is 9.84. The summed E-state index contributed by atoms with van der Waals surface area (Å²) in [7, 11) is 0. The van der Waals surface area contributed by atoms with Gasteiger partial charge in [-0.3, -0.25) is 0 Å². The SMILES string of the molecule is Cc1ccc(CC[C@H](C)N)c(Cl)n1. The second-order valence-electron chi connectivity index (χ2n) is 3.42. The molecule has 3 heteroatoms. The van der Waals surface area contributed by atoms with Crippen LogP contribution in [0.3, 0.4) is 0 Å². The smallest absolute Gasteiger partial charge is 0.132 e. The van der Waals surface area contributed by atoms with Crippen LogP contribution in [-0.2, 0) is 6.42 Å². The van der Waals surface area contributed by atoms with Crippen molar-refractivity contribution < 1.29 is 0 Å². The molecule has 0 aliphatic carbocycles. The normalized spacial score (nSPS) is 12.9. The van der Waals surface area contributed by atoms with E-state index in [2.05, 4.69) is 4.98 Å². The Morgan fingerprint density at radius 3 is 2.77 bits per heavy atom. The molecule has 0 aromatic carbocycles. The summed E-state index contributed by atoms with van der Waals surface area (Å²) in [5.41, 5.74) is 7.70. The van der Waals surface area contributed by atoms with Gasteiger partial charge in [0.2, 0.25) is 0 Å². The molecule has 1 aromatic rings. The molecule has 1 atom stereocenters. The van der Waals surface area contributed by atoms with Crippen LogP contribution in [0.5, 0.6) is 0 Å². The Balaban J connectivity index is 2.67. The Hall–Kier alpha value is -0.600. The summed E-state index contributed by atoms with van der Waals surface area (Å²) >= 11 is 5.96. The van der Waals surface area contributed by atoms with Crippen molar-refractivity contribution >= 4 is 11.6 Å². The van der Waals surface area contributed by atoms with E-state index in [4.69, 9.17) is 17.3 Å². The Morgan fingerprint density at radius 2 is 2.23 bits per heavy atom. The Kier molecular flexibility index (Phi) is 3.70. The minimum atomic E-state index is 0.220. The first-order valence-corrected chi connectivity index (χ1v) is 4.85. The molecule has 0 aliphatic heterocycles. The highest BCUT2D eigenvalue weighted by Gasteiger charge is 2.02. The number of rotatable bonds is 3. The lowest BCUT2D eigenvalue weighted by molar-refractivity contribution is 0.665. The van der Waals surface area contributed by atoms with Gasteiger partial charge in [0.25, 0.3) is 0 Å². The van der Waals surface area contributed by atoms with Crippen LogP contribution >= 0.6 is 11.6 Å². The van der Waals surface area contributed by atoms with E-state index < -0.39 is 0 Å². The van der Waals surface area contributed by atoms with Crippen LogP contribution in [0.1, 0.15) is 24.6 Å². The highest BCUT2D eigenvalue weighted by Crippen LogP contribution is 2.15. The van der Waals surface area contributed by atoms with Crippen LogP contribution in [0.15, 0.2) is 12.1 Å². The number of aryl methyl sites for hydroxylation is 2. The standard InChI is InChI=1S/C10H15ClN2/c1-7(12)3-5-9-6-4-8(2)13-10(9)11/h4,6-7H,3,5,12H2,1-2H3/t7-/m0/s1. The predicted molar refractivity (Wildman–Crippen MR) is 56.0 cm³/mol. The second kappa shape index (κ2) is 4.58. The molecule has 0 fully saturated rings. The molecule has 0 unspecified atom stereocenters. The molecule has 2 N–H and O–H groups in total. The molecule has 0 bridgehead atoms. The van der Waals surface area contributed by atoms with Crippen LogP contribution in [0.25, 0.3) is 0 Å². The molecule has 72 valence electrons. The summed E-state index contributed by atoms with van der Waals surface area (Å²) in [5, 5.41) is 0.612. The molecule has 1 aromatic heterocycles. The van der Waals surface area contributed by atoms with Crippen molar-refractivity contribution in [1.29, 1.82) is 0 Å². The van der Waals surface area contributed by atoms with E-state index in [1.807, 2.05) is 26.0 Å². The third-order valence-corrected chi connectivity index (χ3v) is 2.26.